The van der Waals surface area contributed by atoms with Crippen LogP contribution >= 0.6 is 0 Å². The van der Waals surface area contributed by atoms with Crippen molar-refractivity contribution in [2.24, 2.45) is 11.7 Å². The second-order valence-electron chi connectivity index (χ2n) is 5.22. The van der Waals surface area contributed by atoms with E-state index in [2.05, 4.69) is 36.1 Å². The lowest BCUT2D eigenvalue weighted by molar-refractivity contribution is 0.263. The van der Waals surface area contributed by atoms with Crippen molar-refractivity contribution in [1.29, 1.82) is 0 Å². The molecule has 1 fully saturated rings. The Labute approximate surface area is 110 Å². The van der Waals surface area contributed by atoms with Gasteiger partial charge in [-0.25, -0.2) is 0 Å². The van der Waals surface area contributed by atoms with Crippen LogP contribution in [0, 0.1) is 5.92 Å². The zero-order valence-electron chi connectivity index (χ0n) is 11.2. The molecule has 100 valence electrons. The Bertz CT molecular complexity index is 363. The van der Waals surface area contributed by atoms with Crippen LogP contribution in [0.25, 0.3) is 0 Å². The van der Waals surface area contributed by atoms with Gasteiger partial charge in [0.15, 0.2) is 0 Å². The quantitative estimate of drug-likeness (QED) is 0.840. The molecule has 2 atom stereocenters. The lowest BCUT2D eigenvalue weighted by Gasteiger charge is -2.19. The summed E-state index contributed by atoms with van der Waals surface area (Å²) >= 11 is 0. The normalized spacial score (nSPS) is 21.3. The van der Waals surface area contributed by atoms with Crippen LogP contribution < -0.4 is 10.6 Å². The number of rotatable bonds is 5. The number of benzene rings is 1. The van der Waals surface area contributed by atoms with E-state index >= 15 is 0 Å². The zero-order valence-corrected chi connectivity index (χ0v) is 11.2. The van der Waals surface area contributed by atoms with Gasteiger partial charge >= 0.3 is 0 Å². The summed E-state index contributed by atoms with van der Waals surface area (Å²) in [6.07, 6.45) is 3.09. The molecule has 3 N–H and O–H groups in total. The van der Waals surface area contributed by atoms with Gasteiger partial charge in [-0.15, -0.1) is 0 Å². The molecule has 3 nitrogen and oxygen atoms in total. The molecule has 0 amide bonds. The Kier molecular flexibility index (Phi) is 4.61. The van der Waals surface area contributed by atoms with E-state index < -0.39 is 0 Å². The van der Waals surface area contributed by atoms with Crippen LogP contribution in [0.1, 0.15) is 37.8 Å². The summed E-state index contributed by atoms with van der Waals surface area (Å²) in [5, 5.41) is 8.98. The fourth-order valence-electron chi connectivity index (χ4n) is 2.65. The van der Waals surface area contributed by atoms with Crippen LogP contribution in [0.3, 0.4) is 0 Å². The topological polar surface area (TPSA) is 49.5 Å². The van der Waals surface area contributed by atoms with E-state index in [1.54, 1.807) is 0 Å². The molecule has 1 heterocycles. The molecule has 1 aliphatic heterocycles. The summed E-state index contributed by atoms with van der Waals surface area (Å²) in [4.78, 5) is 2.40. The highest BCUT2D eigenvalue weighted by Crippen LogP contribution is 2.26. The number of nitrogens with zero attached hydrogens (tertiary/aromatic N) is 1. The first kappa shape index (κ1) is 13.4. The number of hydrogen-bond acceptors (Lipinski definition) is 3. The summed E-state index contributed by atoms with van der Waals surface area (Å²) in [7, 11) is 0. The van der Waals surface area contributed by atoms with Crippen molar-refractivity contribution in [3.05, 3.63) is 29.8 Å². The first-order chi connectivity index (χ1) is 8.74. The smallest absolute Gasteiger partial charge is 0.0434 e. The fraction of sp³-hybridized carbons (Fsp3) is 0.600. The van der Waals surface area contributed by atoms with Crippen LogP contribution in [0.5, 0.6) is 0 Å². The van der Waals surface area contributed by atoms with Crippen molar-refractivity contribution >= 4 is 5.69 Å². The highest BCUT2D eigenvalue weighted by atomic mass is 16.3. The molecule has 18 heavy (non-hydrogen) atoms. The fourth-order valence-corrected chi connectivity index (χ4v) is 2.65. The molecule has 0 radical (unpaired) electrons. The van der Waals surface area contributed by atoms with E-state index in [1.165, 1.54) is 17.7 Å². The van der Waals surface area contributed by atoms with Crippen LogP contribution in [0.15, 0.2) is 24.3 Å². The number of aliphatic hydroxyl groups is 1. The summed E-state index contributed by atoms with van der Waals surface area (Å²) in [6, 6.07) is 8.78. The highest BCUT2D eigenvalue weighted by molar-refractivity contribution is 5.48. The number of anilines is 1. The molecule has 0 bridgehead atoms. The van der Waals surface area contributed by atoms with Crippen molar-refractivity contribution in [1.82, 2.24) is 0 Å². The SMILES string of the molecule is CCC(N)c1ccc(N2CCC(CCO)C2)cc1. The highest BCUT2D eigenvalue weighted by Gasteiger charge is 2.22. The van der Waals surface area contributed by atoms with Gasteiger partial charge in [0.1, 0.15) is 0 Å². The molecule has 1 aliphatic rings. The van der Waals surface area contributed by atoms with Gasteiger partial charge in [-0.05, 0) is 42.9 Å². The molecule has 2 unspecified atom stereocenters. The monoisotopic (exact) mass is 248 g/mol. The molecule has 1 aromatic carbocycles. The van der Waals surface area contributed by atoms with E-state index in [1.807, 2.05) is 0 Å². The lowest BCUT2D eigenvalue weighted by Crippen LogP contribution is -2.20. The predicted octanol–water partition coefficient (Wildman–Crippen LogP) is 2.31. The molecule has 0 aliphatic carbocycles. The molecule has 1 aromatic rings. The lowest BCUT2D eigenvalue weighted by atomic mass is 10.0. The minimum Gasteiger partial charge on any atom is -0.396 e. The Morgan fingerprint density at radius 2 is 2.11 bits per heavy atom. The van der Waals surface area contributed by atoms with Crippen molar-refractivity contribution in [2.75, 3.05) is 24.6 Å². The van der Waals surface area contributed by atoms with Gasteiger partial charge in [-0.1, -0.05) is 19.1 Å². The van der Waals surface area contributed by atoms with Gasteiger partial charge in [0.2, 0.25) is 0 Å². The maximum atomic E-state index is 8.98. The van der Waals surface area contributed by atoms with Crippen LogP contribution in [0.2, 0.25) is 0 Å². The second kappa shape index (κ2) is 6.21. The third kappa shape index (κ3) is 3.03. The zero-order chi connectivity index (χ0) is 13.0. The van der Waals surface area contributed by atoms with Gasteiger partial charge in [0.25, 0.3) is 0 Å². The average Bonchev–Trinajstić information content (AvgIpc) is 2.87. The number of nitrogens with two attached hydrogens (primary N) is 1. The van der Waals surface area contributed by atoms with Crippen molar-refractivity contribution < 1.29 is 5.11 Å². The maximum absolute atomic E-state index is 8.98. The summed E-state index contributed by atoms with van der Waals surface area (Å²) in [6.45, 7) is 4.59. The molecule has 0 spiro atoms. The first-order valence-electron chi connectivity index (χ1n) is 6.96. The van der Waals surface area contributed by atoms with E-state index in [0.29, 0.717) is 12.5 Å². The predicted molar refractivity (Wildman–Crippen MR) is 75.7 cm³/mol. The van der Waals surface area contributed by atoms with Gasteiger partial charge in [-0.3, -0.25) is 0 Å². The Balaban J connectivity index is 1.98. The summed E-state index contributed by atoms with van der Waals surface area (Å²) in [5.74, 6) is 0.646. The van der Waals surface area contributed by atoms with Crippen LogP contribution in [-0.2, 0) is 0 Å². The van der Waals surface area contributed by atoms with Gasteiger partial charge in [-0.2, -0.15) is 0 Å². The van der Waals surface area contributed by atoms with Crippen LogP contribution in [0.4, 0.5) is 5.69 Å². The minimum atomic E-state index is 0.153. The molecule has 3 heteroatoms. The third-order valence-corrected chi connectivity index (χ3v) is 3.95. The second-order valence-corrected chi connectivity index (χ2v) is 5.22. The van der Waals surface area contributed by atoms with E-state index in [0.717, 1.165) is 25.9 Å². The van der Waals surface area contributed by atoms with E-state index in [9.17, 15) is 0 Å². The van der Waals surface area contributed by atoms with Gasteiger partial charge in [0, 0.05) is 31.4 Å². The largest absolute Gasteiger partial charge is 0.396 e. The average molecular weight is 248 g/mol. The van der Waals surface area contributed by atoms with Crippen molar-refractivity contribution in [3.63, 3.8) is 0 Å². The van der Waals surface area contributed by atoms with Gasteiger partial charge < -0.3 is 15.7 Å². The van der Waals surface area contributed by atoms with Crippen molar-refractivity contribution in [3.8, 4) is 0 Å². The van der Waals surface area contributed by atoms with Crippen LogP contribution in [-0.4, -0.2) is 24.8 Å². The molecular weight excluding hydrogens is 224 g/mol. The number of hydrogen-bond donors (Lipinski definition) is 2. The first-order valence-corrected chi connectivity index (χ1v) is 6.96. The standard InChI is InChI=1S/C15H24N2O/c1-2-15(16)13-3-5-14(6-4-13)17-9-7-12(11-17)8-10-18/h3-6,12,15,18H,2,7-11,16H2,1H3. The van der Waals surface area contributed by atoms with E-state index in [-0.39, 0.29) is 6.04 Å². The minimum absolute atomic E-state index is 0.153. The molecule has 2 rings (SSSR count). The van der Waals surface area contributed by atoms with Crippen molar-refractivity contribution in [2.45, 2.75) is 32.2 Å². The number of aliphatic hydroxyl groups excluding tert-OH is 1. The molecule has 0 aromatic heterocycles. The third-order valence-electron chi connectivity index (χ3n) is 3.95. The van der Waals surface area contributed by atoms with E-state index in [4.69, 9.17) is 10.8 Å². The molecule has 0 saturated carbocycles. The Morgan fingerprint density at radius 1 is 1.39 bits per heavy atom. The summed E-state index contributed by atoms with van der Waals surface area (Å²) < 4.78 is 0. The summed E-state index contributed by atoms with van der Waals surface area (Å²) in [5.41, 5.74) is 8.51. The Morgan fingerprint density at radius 3 is 2.72 bits per heavy atom. The van der Waals surface area contributed by atoms with Gasteiger partial charge in [0.05, 0.1) is 0 Å². The Hall–Kier alpha value is -1.06. The maximum Gasteiger partial charge on any atom is 0.0434 e. The molecular formula is C15H24N2O. The molecule has 1 saturated heterocycles.